The van der Waals surface area contributed by atoms with Crippen LogP contribution in [0.4, 0.5) is 5.13 Å². The summed E-state index contributed by atoms with van der Waals surface area (Å²) in [4.78, 5) is 20.6. The summed E-state index contributed by atoms with van der Waals surface area (Å²) in [5, 5.41) is 2.64. The molecule has 0 bridgehead atoms. The van der Waals surface area contributed by atoms with Crippen LogP contribution in [-0.2, 0) is 16.6 Å². The van der Waals surface area contributed by atoms with Crippen LogP contribution in [0.5, 0.6) is 0 Å². The molecule has 3 aromatic heterocycles. The molecule has 5 rings (SSSR count). The lowest BCUT2D eigenvalue weighted by molar-refractivity contribution is 0.464. The number of anilines is 1. The molecule has 0 atom stereocenters. The highest BCUT2D eigenvalue weighted by Gasteiger charge is 2.20. The van der Waals surface area contributed by atoms with Crippen LogP contribution >= 0.6 is 11.5 Å². The number of aromatic nitrogens is 4. The van der Waals surface area contributed by atoms with Gasteiger partial charge in [0.05, 0.1) is 16.8 Å². The molecule has 0 radical (unpaired) electrons. The Morgan fingerprint density at radius 2 is 2.16 bits per heavy atom. The number of hydrogen-bond donors (Lipinski definition) is 1. The van der Waals surface area contributed by atoms with E-state index in [2.05, 4.69) is 19.1 Å². The molecule has 0 aliphatic heterocycles. The maximum Gasteiger partial charge on any atom is 0.420 e. The van der Waals surface area contributed by atoms with Crippen molar-refractivity contribution >= 4 is 49.6 Å². The van der Waals surface area contributed by atoms with Crippen LogP contribution < -0.4 is 21.2 Å². The van der Waals surface area contributed by atoms with Gasteiger partial charge in [-0.3, -0.25) is 14.3 Å². The van der Waals surface area contributed by atoms with E-state index in [1.807, 2.05) is 24.3 Å². The molecule has 158 valence electrons. The molecule has 11 heteroatoms. The second-order valence-corrected chi connectivity index (χ2v) is 9.22. The summed E-state index contributed by atoms with van der Waals surface area (Å²) in [6, 6.07) is 7.73. The van der Waals surface area contributed by atoms with Crippen LogP contribution in [0.3, 0.4) is 0 Å². The van der Waals surface area contributed by atoms with E-state index in [0.717, 1.165) is 27.9 Å². The summed E-state index contributed by atoms with van der Waals surface area (Å²) in [6.07, 6.45) is 9.73. The van der Waals surface area contributed by atoms with Gasteiger partial charge in [0.1, 0.15) is 6.33 Å². The van der Waals surface area contributed by atoms with E-state index in [0.29, 0.717) is 11.8 Å². The summed E-state index contributed by atoms with van der Waals surface area (Å²) in [7, 11) is -3.90. The zero-order valence-electron chi connectivity index (χ0n) is 15.9. The zero-order chi connectivity index (χ0) is 21.4. The lowest BCUT2D eigenvalue weighted by Gasteiger charge is -2.06. The highest BCUT2D eigenvalue weighted by atomic mass is 32.2. The third kappa shape index (κ3) is 3.68. The Balaban J connectivity index is 0.00000245. The third-order valence-corrected chi connectivity index (χ3v) is 6.94. The van der Waals surface area contributed by atoms with Crippen LogP contribution in [0.2, 0.25) is 0 Å². The van der Waals surface area contributed by atoms with Gasteiger partial charge in [-0.2, -0.15) is 4.37 Å². The fourth-order valence-corrected chi connectivity index (χ4v) is 5.18. The van der Waals surface area contributed by atoms with Gasteiger partial charge in [0, 0.05) is 36.8 Å². The van der Waals surface area contributed by atoms with Gasteiger partial charge in [0.15, 0.2) is 5.42 Å². The molecule has 1 aliphatic rings. The van der Waals surface area contributed by atoms with E-state index in [1.54, 1.807) is 24.5 Å². The molecular weight excluding hydrogens is 438 g/mol. The van der Waals surface area contributed by atoms with E-state index >= 15 is 0 Å². The van der Waals surface area contributed by atoms with E-state index < -0.39 is 15.8 Å². The van der Waals surface area contributed by atoms with Gasteiger partial charge in [-0.1, -0.05) is 30.4 Å². The van der Waals surface area contributed by atoms with Gasteiger partial charge in [0.25, 0.3) is 10.0 Å². The average molecular weight is 456 g/mol. The van der Waals surface area contributed by atoms with Crippen molar-refractivity contribution in [2.24, 2.45) is 0 Å². The molecule has 0 spiro atoms. The molecule has 0 saturated heterocycles. The topological polar surface area (TPSA) is 120 Å². The molecule has 4 aromatic rings. The Morgan fingerprint density at radius 1 is 1.26 bits per heavy atom. The highest BCUT2D eigenvalue weighted by molar-refractivity contribution is 7.97. The maximum absolute atomic E-state index is 12.7. The first-order valence-electron chi connectivity index (χ1n) is 9.24. The number of pyridine rings is 1. The molecule has 1 aromatic carbocycles. The van der Waals surface area contributed by atoms with Gasteiger partial charge in [-0.15, -0.1) is 0 Å². The first kappa shape index (κ1) is 19.4. The number of hydrogen-bond acceptors (Lipinski definition) is 8. The molecule has 3 heterocycles. The first-order valence-corrected chi connectivity index (χ1v) is 11.5. The van der Waals surface area contributed by atoms with Crippen molar-refractivity contribution < 1.29 is 14.3 Å². The Hall–Kier alpha value is -3.57. The predicted molar refractivity (Wildman–Crippen MR) is 119 cm³/mol. The fourth-order valence-electron chi connectivity index (χ4n) is 3.44. The van der Waals surface area contributed by atoms with Crippen molar-refractivity contribution in [2.75, 3.05) is 4.72 Å². The highest BCUT2D eigenvalue weighted by Crippen LogP contribution is 2.19. The number of nitrogens with zero attached hydrogens (tertiary/aromatic N) is 4. The normalized spacial score (nSPS) is 13.6. The van der Waals surface area contributed by atoms with E-state index in [9.17, 15) is 13.2 Å². The smallest absolute Gasteiger partial charge is 0.408 e. The number of benzene rings is 1. The Morgan fingerprint density at radius 3 is 3.00 bits per heavy atom. The monoisotopic (exact) mass is 455 g/mol. The molecule has 0 fully saturated rings. The molecule has 1 aliphatic carbocycles. The number of nitrogens with one attached hydrogen (secondary N) is 1. The standard InChI is InChI=1S/C20H15N5O4S2.H2/c26-20-25(11-14-4-1-3-13-7-8-21-10-16(13)14)17-6-2-5-15(9-18(17)29-20)31(27,28)24-19-22-12-23-30-19;/h1,3-10,12H,2,11H2,(H,22,23,24);1H. The molecular formula is C20H17N5O4S2. The molecule has 0 unspecified atom stereocenters. The molecule has 9 nitrogen and oxygen atoms in total. The van der Waals surface area contributed by atoms with Crippen LogP contribution in [0.1, 0.15) is 13.4 Å². The number of rotatable bonds is 5. The summed E-state index contributed by atoms with van der Waals surface area (Å²) >= 11 is 0.930. The zero-order valence-corrected chi connectivity index (χ0v) is 17.6. The second-order valence-electron chi connectivity index (χ2n) is 6.76. The number of allylic oxidation sites excluding steroid dienone is 2. The van der Waals surface area contributed by atoms with Gasteiger partial charge >= 0.3 is 5.76 Å². The second kappa shape index (κ2) is 7.60. The van der Waals surface area contributed by atoms with Crippen LogP contribution in [-0.4, -0.2) is 27.3 Å². The minimum absolute atomic E-state index is 0. The van der Waals surface area contributed by atoms with Crippen molar-refractivity contribution in [3.05, 3.63) is 80.8 Å². The van der Waals surface area contributed by atoms with E-state index in [1.165, 1.54) is 17.0 Å². The third-order valence-electron chi connectivity index (χ3n) is 4.86. The summed E-state index contributed by atoms with van der Waals surface area (Å²) in [5.41, 5.74) is 1.10. The van der Waals surface area contributed by atoms with Gasteiger partial charge < -0.3 is 4.42 Å². The van der Waals surface area contributed by atoms with Crippen LogP contribution in [0.15, 0.2) is 63.2 Å². The van der Waals surface area contributed by atoms with E-state index in [-0.39, 0.29) is 23.4 Å². The van der Waals surface area contributed by atoms with Crippen molar-refractivity contribution in [2.45, 2.75) is 13.0 Å². The number of fused-ring (bicyclic) bond motifs is 2. The minimum Gasteiger partial charge on any atom is -0.408 e. The summed E-state index contributed by atoms with van der Waals surface area (Å²) in [6.45, 7) is 0.274. The van der Waals surface area contributed by atoms with E-state index in [4.69, 9.17) is 4.42 Å². The molecule has 1 N–H and O–H groups in total. The lowest BCUT2D eigenvalue weighted by atomic mass is 10.1. The average Bonchev–Trinajstić information content (AvgIpc) is 3.29. The van der Waals surface area contributed by atoms with Gasteiger partial charge in [-0.25, -0.2) is 18.2 Å². The molecule has 0 saturated carbocycles. The minimum atomic E-state index is -3.90. The molecule has 0 amide bonds. The Labute approximate surface area is 181 Å². The molecule has 31 heavy (non-hydrogen) atoms. The Bertz CT molecular complexity index is 1600. The van der Waals surface area contributed by atoms with Crippen LogP contribution in [0.25, 0.3) is 22.9 Å². The summed E-state index contributed by atoms with van der Waals surface area (Å²) in [5.74, 6) is -0.561. The van der Waals surface area contributed by atoms with Gasteiger partial charge in [-0.05, 0) is 23.4 Å². The summed E-state index contributed by atoms with van der Waals surface area (Å²) < 4.78 is 38.5. The quantitative estimate of drug-likeness (QED) is 0.483. The SMILES string of the molecule is O=c1oc2c(n1Cc1cccc3ccncc13)=CCC=C(S(=O)(=O)Nc1ncns1)C=2.[HH]. The van der Waals surface area contributed by atoms with Crippen molar-refractivity contribution in [3.63, 3.8) is 0 Å². The first-order chi connectivity index (χ1) is 15.0. The van der Waals surface area contributed by atoms with Crippen LogP contribution in [0, 0.1) is 0 Å². The van der Waals surface area contributed by atoms with Crippen molar-refractivity contribution in [1.82, 2.24) is 18.9 Å². The maximum atomic E-state index is 12.7. The Kier molecular flexibility index (Phi) is 4.75. The predicted octanol–water partition coefficient (Wildman–Crippen LogP) is 1.43. The number of sulfonamides is 1. The largest absolute Gasteiger partial charge is 0.420 e. The number of oxazole rings is 1. The van der Waals surface area contributed by atoms with Crippen molar-refractivity contribution in [1.29, 1.82) is 0 Å². The lowest BCUT2D eigenvalue weighted by Crippen LogP contribution is -2.32. The fraction of sp³-hybridized carbons (Fsp3) is 0.100. The van der Waals surface area contributed by atoms with Crippen molar-refractivity contribution in [3.8, 4) is 0 Å². The van der Waals surface area contributed by atoms with Gasteiger partial charge in [0.2, 0.25) is 5.13 Å².